The number of nitrogens with zero attached hydrogens (tertiary/aromatic N) is 2. The van der Waals surface area contributed by atoms with Gasteiger partial charge in [-0.1, -0.05) is 13.8 Å². The van der Waals surface area contributed by atoms with Crippen LogP contribution in [0.15, 0.2) is 22.6 Å². The van der Waals surface area contributed by atoms with Crippen LogP contribution in [0.4, 0.5) is 0 Å². The summed E-state index contributed by atoms with van der Waals surface area (Å²) in [6.07, 6.45) is 0. The number of carbonyl (C=O) groups is 2. The maximum Gasteiger partial charge on any atom is 0.374 e. The van der Waals surface area contributed by atoms with E-state index in [1.54, 1.807) is 23.7 Å². The molecule has 0 saturated carbocycles. The number of nitrogens with one attached hydrogen (secondary N) is 1. The summed E-state index contributed by atoms with van der Waals surface area (Å²) in [5.74, 6) is 0.0710. The number of amides is 1. The number of rotatable bonds is 6. The summed E-state index contributed by atoms with van der Waals surface area (Å²) in [5.41, 5.74) is 1.34. The number of aryl methyl sites for hydroxylation is 1. The summed E-state index contributed by atoms with van der Waals surface area (Å²) in [6.45, 7) is 6.26. The minimum absolute atomic E-state index is 0.121. The van der Waals surface area contributed by atoms with E-state index in [4.69, 9.17) is 9.15 Å². The Hall–Kier alpha value is -2.57. The third-order valence-corrected chi connectivity index (χ3v) is 3.30. The predicted molar refractivity (Wildman–Crippen MR) is 83.1 cm³/mol. The van der Waals surface area contributed by atoms with Gasteiger partial charge in [0.25, 0.3) is 5.91 Å². The molecule has 2 aromatic rings. The lowest BCUT2D eigenvalue weighted by Crippen LogP contribution is -2.23. The van der Waals surface area contributed by atoms with Crippen LogP contribution in [0.3, 0.4) is 0 Å². The maximum atomic E-state index is 12.1. The SMILES string of the molecule is CCOC(=O)c1ccc(CNC(=O)c2cc(C(C)C)n(C)n2)o1. The zero-order chi connectivity index (χ0) is 17.0. The van der Waals surface area contributed by atoms with Crippen molar-refractivity contribution >= 4 is 11.9 Å². The first-order valence-corrected chi connectivity index (χ1v) is 7.50. The molecule has 2 rings (SSSR count). The highest BCUT2D eigenvalue weighted by Gasteiger charge is 2.16. The van der Waals surface area contributed by atoms with Crippen molar-refractivity contribution in [1.82, 2.24) is 15.1 Å². The van der Waals surface area contributed by atoms with Crippen molar-refractivity contribution in [2.24, 2.45) is 7.05 Å². The van der Waals surface area contributed by atoms with Gasteiger partial charge in [0.1, 0.15) is 11.5 Å². The van der Waals surface area contributed by atoms with Crippen LogP contribution in [0, 0.1) is 0 Å². The molecule has 0 aliphatic heterocycles. The van der Waals surface area contributed by atoms with Gasteiger partial charge in [0.15, 0.2) is 0 Å². The number of esters is 1. The zero-order valence-corrected chi connectivity index (χ0v) is 13.8. The molecule has 0 radical (unpaired) electrons. The van der Waals surface area contributed by atoms with Crippen LogP contribution in [0.5, 0.6) is 0 Å². The van der Waals surface area contributed by atoms with Crippen LogP contribution in [0.1, 0.15) is 59.2 Å². The highest BCUT2D eigenvalue weighted by molar-refractivity contribution is 5.92. The number of furan rings is 1. The summed E-state index contributed by atoms with van der Waals surface area (Å²) in [7, 11) is 1.81. The number of aromatic nitrogens is 2. The van der Waals surface area contributed by atoms with Gasteiger partial charge in [0.05, 0.1) is 13.2 Å². The van der Waals surface area contributed by atoms with E-state index < -0.39 is 5.97 Å². The molecular formula is C16H21N3O4. The van der Waals surface area contributed by atoms with Gasteiger partial charge in [-0.3, -0.25) is 9.48 Å². The molecule has 1 amide bonds. The van der Waals surface area contributed by atoms with Gasteiger partial charge in [-0.25, -0.2) is 4.79 Å². The fourth-order valence-electron chi connectivity index (χ4n) is 2.18. The summed E-state index contributed by atoms with van der Waals surface area (Å²) >= 11 is 0. The molecule has 7 heteroatoms. The molecule has 0 unspecified atom stereocenters. The monoisotopic (exact) mass is 319 g/mol. The first-order valence-electron chi connectivity index (χ1n) is 7.50. The summed E-state index contributed by atoms with van der Waals surface area (Å²) in [4.78, 5) is 23.6. The summed E-state index contributed by atoms with van der Waals surface area (Å²) < 4.78 is 11.9. The van der Waals surface area contributed by atoms with Crippen molar-refractivity contribution < 1.29 is 18.7 Å². The van der Waals surface area contributed by atoms with Crippen molar-refractivity contribution in [1.29, 1.82) is 0 Å². The van der Waals surface area contributed by atoms with E-state index in [0.29, 0.717) is 11.5 Å². The number of hydrogen-bond acceptors (Lipinski definition) is 5. The van der Waals surface area contributed by atoms with Gasteiger partial charge >= 0.3 is 5.97 Å². The van der Waals surface area contributed by atoms with Crippen molar-refractivity contribution in [2.75, 3.05) is 6.61 Å². The van der Waals surface area contributed by atoms with Gasteiger partial charge < -0.3 is 14.5 Å². The number of ether oxygens (including phenoxy) is 1. The van der Waals surface area contributed by atoms with Gasteiger partial charge in [0, 0.05) is 12.7 Å². The second kappa shape index (κ2) is 7.13. The smallest absolute Gasteiger partial charge is 0.374 e. The van der Waals surface area contributed by atoms with Crippen molar-refractivity contribution in [3.05, 3.63) is 41.1 Å². The highest BCUT2D eigenvalue weighted by Crippen LogP contribution is 2.15. The Labute approximate surface area is 134 Å². The Bertz CT molecular complexity index is 700. The molecule has 1 N–H and O–H groups in total. The minimum atomic E-state index is -0.517. The lowest BCUT2D eigenvalue weighted by Gasteiger charge is -2.02. The molecule has 0 aliphatic carbocycles. The van der Waals surface area contributed by atoms with Crippen LogP contribution in [0.25, 0.3) is 0 Å². The molecule has 2 aromatic heterocycles. The summed E-state index contributed by atoms with van der Waals surface area (Å²) in [6, 6.07) is 4.92. The lowest BCUT2D eigenvalue weighted by atomic mass is 10.1. The van der Waals surface area contributed by atoms with Crippen molar-refractivity contribution in [2.45, 2.75) is 33.2 Å². The fraction of sp³-hybridized carbons (Fsp3) is 0.438. The van der Waals surface area contributed by atoms with E-state index in [0.717, 1.165) is 5.69 Å². The number of carbonyl (C=O) groups excluding carboxylic acids is 2. The quantitative estimate of drug-likeness (QED) is 0.825. The van der Waals surface area contributed by atoms with Crippen LogP contribution in [-0.4, -0.2) is 28.3 Å². The first kappa shape index (κ1) is 16.8. The van der Waals surface area contributed by atoms with Gasteiger partial charge in [-0.2, -0.15) is 5.10 Å². The molecule has 0 aromatic carbocycles. The van der Waals surface area contributed by atoms with E-state index >= 15 is 0 Å². The first-order chi connectivity index (χ1) is 10.9. The van der Waals surface area contributed by atoms with E-state index in [1.807, 2.05) is 20.9 Å². The molecule has 2 heterocycles. The van der Waals surface area contributed by atoms with Crippen molar-refractivity contribution in [3.63, 3.8) is 0 Å². The Morgan fingerprint density at radius 2 is 2.13 bits per heavy atom. The Balaban J connectivity index is 1.97. The normalized spacial score (nSPS) is 10.8. The molecular weight excluding hydrogens is 298 g/mol. The largest absolute Gasteiger partial charge is 0.460 e. The maximum absolute atomic E-state index is 12.1. The third kappa shape index (κ3) is 4.00. The third-order valence-electron chi connectivity index (χ3n) is 3.30. The van der Waals surface area contributed by atoms with Crippen molar-refractivity contribution in [3.8, 4) is 0 Å². The molecule has 0 atom stereocenters. The Kier molecular flexibility index (Phi) is 5.20. The molecule has 124 valence electrons. The highest BCUT2D eigenvalue weighted by atomic mass is 16.5. The second-order valence-corrected chi connectivity index (χ2v) is 5.40. The van der Waals surface area contributed by atoms with Crippen LogP contribution < -0.4 is 5.32 Å². The van der Waals surface area contributed by atoms with Crippen LogP contribution in [-0.2, 0) is 18.3 Å². The standard InChI is InChI=1S/C16H21N3O4/c1-5-22-16(21)14-7-6-11(23-14)9-17-15(20)12-8-13(10(2)3)19(4)18-12/h6-8,10H,5,9H2,1-4H3,(H,17,20). The summed E-state index contributed by atoms with van der Waals surface area (Å²) in [5, 5.41) is 6.92. The van der Waals surface area contributed by atoms with E-state index in [-0.39, 0.29) is 30.7 Å². The molecule has 0 aliphatic rings. The average molecular weight is 319 g/mol. The van der Waals surface area contributed by atoms with Gasteiger partial charge in [-0.05, 0) is 31.0 Å². The molecule has 0 spiro atoms. The van der Waals surface area contributed by atoms with E-state index in [2.05, 4.69) is 10.4 Å². The Morgan fingerprint density at radius 3 is 2.74 bits per heavy atom. The van der Waals surface area contributed by atoms with Crippen LogP contribution in [0.2, 0.25) is 0 Å². The average Bonchev–Trinajstić information content (AvgIpc) is 3.11. The Morgan fingerprint density at radius 1 is 1.39 bits per heavy atom. The molecule has 0 fully saturated rings. The zero-order valence-electron chi connectivity index (χ0n) is 13.8. The number of hydrogen-bond donors (Lipinski definition) is 1. The molecule has 0 bridgehead atoms. The van der Waals surface area contributed by atoms with E-state index in [9.17, 15) is 9.59 Å². The predicted octanol–water partition coefficient (Wildman–Crippen LogP) is 2.24. The molecule has 7 nitrogen and oxygen atoms in total. The fourth-order valence-corrected chi connectivity index (χ4v) is 2.18. The second-order valence-electron chi connectivity index (χ2n) is 5.40. The van der Waals surface area contributed by atoms with Crippen LogP contribution >= 0.6 is 0 Å². The van der Waals surface area contributed by atoms with E-state index in [1.165, 1.54) is 6.07 Å². The van der Waals surface area contributed by atoms with Gasteiger partial charge in [-0.15, -0.1) is 0 Å². The molecule has 23 heavy (non-hydrogen) atoms. The lowest BCUT2D eigenvalue weighted by molar-refractivity contribution is 0.0488. The minimum Gasteiger partial charge on any atom is -0.460 e. The van der Waals surface area contributed by atoms with Gasteiger partial charge in [0.2, 0.25) is 5.76 Å². The molecule has 0 saturated heterocycles. The topological polar surface area (TPSA) is 86.4 Å².